The molecule has 0 radical (unpaired) electrons. The van der Waals surface area contributed by atoms with Crippen LogP contribution in [-0.4, -0.2) is 21.0 Å². The fourth-order valence-corrected chi connectivity index (χ4v) is 4.56. The molecular weight excluding hydrogens is 363 g/mol. The molecule has 0 saturated carbocycles. The quantitative estimate of drug-likeness (QED) is 0.721. The lowest BCUT2D eigenvalue weighted by Gasteiger charge is -2.27. The van der Waals surface area contributed by atoms with E-state index in [1.54, 1.807) is 42.5 Å². The molecule has 0 amide bonds. The van der Waals surface area contributed by atoms with Gasteiger partial charge in [0.05, 0.1) is 4.90 Å². The normalized spacial score (nSPS) is 16.4. The lowest BCUT2D eigenvalue weighted by Crippen LogP contribution is -2.43. The second-order valence-electron chi connectivity index (χ2n) is 6.60. The lowest BCUT2D eigenvalue weighted by molar-refractivity contribution is 0.549. The SMILES string of the molecule is O=S(=O)(NC1CNc2ccc(-c3ccc(F)cc3)cc2C1)c1ccccc1. The van der Waals surface area contributed by atoms with E-state index >= 15 is 0 Å². The monoisotopic (exact) mass is 382 g/mol. The molecule has 2 N–H and O–H groups in total. The van der Waals surface area contributed by atoms with Crippen LogP contribution < -0.4 is 10.0 Å². The molecule has 0 aromatic heterocycles. The second-order valence-corrected chi connectivity index (χ2v) is 8.31. The molecule has 1 atom stereocenters. The van der Waals surface area contributed by atoms with Gasteiger partial charge in [0.1, 0.15) is 5.82 Å². The van der Waals surface area contributed by atoms with Gasteiger partial charge in [-0.1, -0.05) is 36.4 Å². The van der Waals surface area contributed by atoms with Gasteiger partial charge >= 0.3 is 0 Å². The molecule has 3 aromatic rings. The molecule has 6 heteroatoms. The van der Waals surface area contributed by atoms with Crippen LogP contribution in [0, 0.1) is 5.82 Å². The maximum absolute atomic E-state index is 13.1. The molecule has 1 aliphatic heterocycles. The zero-order valence-electron chi connectivity index (χ0n) is 14.5. The molecule has 4 nitrogen and oxygen atoms in total. The molecule has 0 spiro atoms. The molecule has 138 valence electrons. The third kappa shape index (κ3) is 3.86. The van der Waals surface area contributed by atoms with E-state index in [9.17, 15) is 12.8 Å². The highest BCUT2D eigenvalue weighted by molar-refractivity contribution is 7.89. The van der Waals surface area contributed by atoms with Gasteiger partial charge in [-0.2, -0.15) is 0 Å². The number of anilines is 1. The average molecular weight is 382 g/mol. The molecule has 0 saturated heterocycles. The average Bonchev–Trinajstić information content (AvgIpc) is 2.68. The smallest absolute Gasteiger partial charge is 0.240 e. The standard InChI is InChI=1S/C21H19FN2O2S/c22-18-9-6-15(7-10-18)16-8-11-21-17(12-16)13-19(14-23-21)24-27(25,26)20-4-2-1-3-5-20/h1-12,19,23-24H,13-14H2. The van der Waals surface area contributed by atoms with Crippen molar-refractivity contribution in [2.75, 3.05) is 11.9 Å². The minimum Gasteiger partial charge on any atom is -0.383 e. The van der Waals surface area contributed by atoms with Gasteiger partial charge in [0, 0.05) is 18.3 Å². The van der Waals surface area contributed by atoms with Gasteiger partial charge in [-0.05, 0) is 59.5 Å². The zero-order valence-corrected chi connectivity index (χ0v) is 15.3. The van der Waals surface area contributed by atoms with Crippen molar-refractivity contribution in [1.82, 2.24) is 4.72 Å². The van der Waals surface area contributed by atoms with E-state index in [-0.39, 0.29) is 16.8 Å². The Morgan fingerprint density at radius 2 is 1.63 bits per heavy atom. The summed E-state index contributed by atoms with van der Waals surface area (Å²) in [5.74, 6) is -0.270. The number of benzene rings is 3. The van der Waals surface area contributed by atoms with Crippen LogP contribution in [0.5, 0.6) is 0 Å². The van der Waals surface area contributed by atoms with Gasteiger partial charge in [-0.25, -0.2) is 17.5 Å². The Kier molecular flexibility index (Phi) is 4.68. The lowest BCUT2D eigenvalue weighted by atomic mass is 9.95. The molecular formula is C21H19FN2O2S. The number of fused-ring (bicyclic) bond motifs is 1. The summed E-state index contributed by atoms with van der Waals surface area (Å²) in [6.07, 6.45) is 0.587. The van der Waals surface area contributed by atoms with Gasteiger partial charge in [0.15, 0.2) is 0 Å². The maximum atomic E-state index is 13.1. The second kappa shape index (κ2) is 7.13. The summed E-state index contributed by atoms with van der Waals surface area (Å²) in [4.78, 5) is 0.260. The summed E-state index contributed by atoms with van der Waals surface area (Å²) < 4.78 is 41.0. The Balaban J connectivity index is 1.55. The van der Waals surface area contributed by atoms with Gasteiger partial charge in [0.25, 0.3) is 0 Å². The molecule has 0 aliphatic carbocycles. The van der Waals surface area contributed by atoms with Crippen LogP contribution in [0.4, 0.5) is 10.1 Å². The molecule has 1 heterocycles. The first-order valence-electron chi connectivity index (χ1n) is 8.71. The van der Waals surface area contributed by atoms with Crippen LogP contribution in [-0.2, 0) is 16.4 Å². The number of rotatable bonds is 4. The fourth-order valence-electron chi connectivity index (χ4n) is 3.30. The minimum absolute atomic E-state index is 0.244. The van der Waals surface area contributed by atoms with E-state index in [1.165, 1.54) is 12.1 Å². The Morgan fingerprint density at radius 1 is 0.926 bits per heavy atom. The predicted molar refractivity (Wildman–Crippen MR) is 105 cm³/mol. The van der Waals surface area contributed by atoms with Crippen molar-refractivity contribution in [2.24, 2.45) is 0 Å². The van der Waals surface area contributed by atoms with Crippen molar-refractivity contribution < 1.29 is 12.8 Å². The summed E-state index contributed by atoms with van der Waals surface area (Å²) >= 11 is 0. The van der Waals surface area contributed by atoms with Crippen LogP contribution >= 0.6 is 0 Å². The first-order chi connectivity index (χ1) is 13.0. The van der Waals surface area contributed by atoms with E-state index in [1.807, 2.05) is 18.2 Å². The van der Waals surface area contributed by atoms with E-state index in [4.69, 9.17) is 0 Å². The molecule has 4 rings (SSSR count). The predicted octanol–water partition coefficient (Wildman–Crippen LogP) is 3.81. The van der Waals surface area contributed by atoms with Crippen molar-refractivity contribution in [3.05, 3.63) is 84.2 Å². The molecule has 1 unspecified atom stereocenters. The third-order valence-corrected chi connectivity index (χ3v) is 6.20. The number of hydrogen-bond donors (Lipinski definition) is 2. The Morgan fingerprint density at radius 3 is 2.37 bits per heavy atom. The van der Waals surface area contributed by atoms with E-state index < -0.39 is 10.0 Å². The Labute approximate surface area is 158 Å². The van der Waals surface area contributed by atoms with Crippen LogP contribution in [0.3, 0.4) is 0 Å². The molecule has 1 aliphatic rings. The minimum atomic E-state index is -3.56. The maximum Gasteiger partial charge on any atom is 0.240 e. The highest BCUT2D eigenvalue weighted by Crippen LogP contribution is 2.29. The van der Waals surface area contributed by atoms with Gasteiger partial charge in [0.2, 0.25) is 10.0 Å². The van der Waals surface area contributed by atoms with E-state index in [0.29, 0.717) is 13.0 Å². The first kappa shape index (κ1) is 17.7. The van der Waals surface area contributed by atoms with Crippen molar-refractivity contribution >= 4 is 15.7 Å². The van der Waals surface area contributed by atoms with Crippen LogP contribution in [0.2, 0.25) is 0 Å². The highest BCUT2D eigenvalue weighted by atomic mass is 32.2. The number of sulfonamides is 1. The Bertz CT molecular complexity index is 1050. The van der Waals surface area contributed by atoms with Gasteiger partial charge in [-0.3, -0.25) is 0 Å². The van der Waals surface area contributed by atoms with Crippen LogP contribution in [0.15, 0.2) is 77.7 Å². The number of nitrogens with one attached hydrogen (secondary N) is 2. The summed E-state index contributed by atoms with van der Waals surface area (Å²) in [7, 11) is -3.56. The summed E-state index contributed by atoms with van der Waals surface area (Å²) in [5, 5.41) is 3.29. The zero-order chi connectivity index (χ0) is 18.9. The largest absolute Gasteiger partial charge is 0.383 e. The van der Waals surface area contributed by atoms with Crippen molar-refractivity contribution in [1.29, 1.82) is 0 Å². The highest BCUT2D eigenvalue weighted by Gasteiger charge is 2.24. The van der Waals surface area contributed by atoms with E-state index in [0.717, 1.165) is 22.4 Å². The van der Waals surface area contributed by atoms with Gasteiger partial charge in [-0.15, -0.1) is 0 Å². The fraction of sp³-hybridized carbons (Fsp3) is 0.143. The van der Waals surface area contributed by atoms with Crippen LogP contribution in [0.25, 0.3) is 11.1 Å². The summed E-state index contributed by atoms with van der Waals surface area (Å²) in [5.41, 5.74) is 3.92. The Hall–Kier alpha value is -2.70. The molecule has 0 bridgehead atoms. The van der Waals surface area contributed by atoms with E-state index in [2.05, 4.69) is 10.0 Å². The summed E-state index contributed by atoms with van der Waals surface area (Å²) in [6, 6.07) is 20.5. The van der Waals surface area contributed by atoms with Crippen molar-refractivity contribution in [3.8, 4) is 11.1 Å². The van der Waals surface area contributed by atoms with Crippen LogP contribution in [0.1, 0.15) is 5.56 Å². The number of halogens is 1. The van der Waals surface area contributed by atoms with Crippen molar-refractivity contribution in [3.63, 3.8) is 0 Å². The first-order valence-corrected chi connectivity index (χ1v) is 10.2. The van der Waals surface area contributed by atoms with Gasteiger partial charge < -0.3 is 5.32 Å². The topological polar surface area (TPSA) is 58.2 Å². The molecule has 0 fully saturated rings. The molecule has 3 aromatic carbocycles. The molecule has 27 heavy (non-hydrogen) atoms. The summed E-state index contributed by atoms with van der Waals surface area (Å²) in [6.45, 7) is 0.523. The third-order valence-electron chi connectivity index (χ3n) is 4.66. The van der Waals surface area contributed by atoms with Crippen molar-refractivity contribution in [2.45, 2.75) is 17.4 Å². The number of hydrogen-bond acceptors (Lipinski definition) is 3.